The maximum atomic E-state index is 12.4. The number of rotatable bonds is 4. The Balaban J connectivity index is 2.46. The van der Waals surface area contributed by atoms with Gasteiger partial charge in [0.2, 0.25) is 0 Å². The van der Waals surface area contributed by atoms with E-state index < -0.39 is 16.0 Å². The molecule has 0 aliphatic rings. The van der Waals surface area contributed by atoms with Crippen molar-refractivity contribution in [3.8, 4) is 0 Å². The van der Waals surface area contributed by atoms with Crippen molar-refractivity contribution in [1.29, 1.82) is 0 Å². The molecule has 1 N–H and O–H groups in total. The van der Waals surface area contributed by atoms with E-state index in [2.05, 4.69) is 4.98 Å². The van der Waals surface area contributed by atoms with Gasteiger partial charge >= 0.3 is 5.97 Å². The molecule has 0 fully saturated rings. The number of sulfonamides is 1. The van der Waals surface area contributed by atoms with Gasteiger partial charge in [-0.2, -0.15) is 0 Å². The number of aromatic nitrogens is 2. The number of anilines is 1. The fourth-order valence-corrected chi connectivity index (χ4v) is 3.01. The molecule has 106 valence electrons. The van der Waals surface area contributed by atoms with E-state index in [9.17, 15) is 13.2 Å². The van der Waals surface area contributed by atoms with Crippen molar-refractivity contribution in [3.63, 3.8) is 0 Å². The second kappa shape index (κ2) is 4.97. The Labute approximate surface area is 116 Å². The summed E-state index contributed by atoms with van der Waals surface area (Å²) in [6.45, 7) is 0. The SMILES string of the molecule is CN(c1ccncc1)S(=O)(=O)c1cc(C(=O)O)n(C)c1. The zero-order chi connectivity index (χ0) is 14.9. The molecule has 0 aliphatic carbocycles. The highest BCUT2D eigenvalue weighted by atomic mass is 32.2. The van der Waals surface area contributed by atoms with Crippen molar-refractivity contribution in [1.82, 2.24) is 9.55 Å². The molecule has 8 heteroatoms. The van der Waals surface area contributed by atoms with E-state index in [1.807, 2.05) is 0 Å². The van der Waals surface area contributed by atoms with Crippen LogP contribution in [0.25, 0.3) is 0 Å². The quantitative estimate of drug-likeness (QED) is 0.906. The summed E-state index contributed by atoms with van der Waals surface area (Å²) >= 11 is 0. The zero-order valence-corrected chi connectivity index (χ0v) is 11.7. The molecule has 0 saturated heterocycles. The predicted octanol–water partition coefficient (Wildman–Crippen LogP) is 0.943. The minimum atomic E-state index is -3.81. The summed E-state index contributed by atoms with van der Waals surface area (Å²) in [5.74, 6) is -1.18. The first-order chi connectivity index (χ1) is 9.34. The number of carbonyl (C=O) groups is 1. The molecule has 0 radical (unpaired) electrons. The van der Waals surface area contributed by atoms with Gasteiger partial charge in [0.15, 0.2) is 0 Å². The van der Waals surface area contributed by atoms with E-state index in [0.717, 1.165) is 10.4 Å². The highest BCUT2D eigenvalue weighted by Gasteiger charge is 2.25. The normalized spacial score (nSPS) is 11.3. The smallest absolute Gasteiger partial charge is 0.352 e. The molecule has 0 amide bonds. The van der Waals surface area contributed by atoms with Crippen LogP contribution in [0, 0.1) is 0 Å². The van der Waals surface area contributed by atoms with Crippen LogP contribution in [0.4, 0.5) is 5.69 Å². The maximum absolute atomic E-state index is 12.4. The summed E-state index contributed by atoms with van der Waals surface area (Å²) in [7, 11) is -0.924. The third-order valence-electron chi connectivity index (χ3n) is 2.88. The van der Waals surface area contributed by atoms with Gasteiger partial charge in [-0.1, -0.05) is 0 Å². The fourth-order valence-electron chi connectivity index (χ4n) is 1.74. The van der Waals surface area contributed by atoms with Crippen molar-refractivity contribution in [2.45, 2.75) is 4.90 Å². The van der Waals surface area contributed by atoms with Gasteiger partial charge in [-0.3, -0.25) is 9.29 Å². The maximum Gasteiger partial charge on any atom is 0.352 e. The Hall–Kier alpha value is -2.35. The van der Waals surface area contributed by atoms with Crippen LogP contribution in [-0.2, 0) is 17.1 Å². The molecule has 0 unspecified atom stereocenters. The lowest BCUT2D eigenvalue weighted by Gasteiger charge is -2.18. The summed E-state index contributed by atoms with van der Waals surface area (Å²) in [5, 5.41) is 8.96. The Morgan fingerprint density at radius 1 is 1.35 bits per heavy atom. The number of pyridine rings is 1. The van der Waals surface area contributed by atoms with E-state index >= 15 is 0 Å². The Bertz CT molecular complexity index is 737. The summed E-state index contributed by atoms with van der Waals surface area (Å²) in [6.07, 6.45) is 4.24. The van der Waals surface area contributed by atoms with Crippen LogP contribution in [0.1, 0.15) is 10.5 Å². The Kier molecular flexibility index (Phi) is 3.49. The lowest BCUT2D eigenvalue weighted by atomic mass is 10.4. The van der Waals surface area contributed by atoms with Crippen LogP contribution in [-0.4, -0.2) is 36.1 Å². The fraction of sp³-hybridized carbons (Fsp3) is 0.167. The van der Waals surface area contributed by atoms with Gasteiger partial charge in [-0.25, -0.2) is 13.2 Å². The van der Waals surface area contributed by atoms with E-state index in [4.69, 9.17) is 5.11 Å². The van der Waals surface area contributed by atoms with Crippen molar-refractivity contribution in [2.75, 3.05) is 11.4 Å². The topological polar surface area (TPSA) is 92.5 Å². The van der Waals surface area contributed by atoms with Gasteiger partial charge in [0.25, 0.3) is 10.0 Å². The number of aryl methyl sites for hydroxylation is 1. The lowest BCUT2D eigenvalue weighted by Crippen LogP contribution is -2.26. The molecule has 2 heterocycles. The molecular formula is C12H13N3O4S. The number of carboxylic acids is 1. The lowest BCUT2D eigenvalue weighted by molar-refractivity contribution is 0.0686. The molecule has 2 aromatic heterocycles. The second-order valence-electron chi connectivity index (χ2n) is 4.16. The number of hydrogen-bond donors (Lipinski definition) is 1. The van der Waals surface area contributed by atoms with Crippen LogP contribution in [0.15, 0.2) is 41.7 Å². The molecular weight excluding hydrogens is 282 g/mol. The van der Waals surface area contributed by atoms with Gasteiger partial charge in [-0.15, -0.1) is 0 Å². The monoisotopic (exact) mass is 295 g/mol. The molecule has 0 aromatic carbocycles. The van der Waals surface area contributed by atoms with Crippen molar-refractivity contribution in [2.24, 2.45) is 7.05 Å². The molecule has 20 heavy (non-hydrogen) atoms. The minimum absolute atomic E-state index is 0.0725. The van der Waals surface area contributed by atoms with E-state index in [0.29, 0.717) is 5.69 Å². The molecule has 0 bridgehead atoms. The number of nitrogens with zero attached hydrogens (tertiary/aromatic N) is 3. The predicted molar refractivity (Wildman–Crippen MR) is 72.2 cm³/mol. The molecule has 0 saturated carbocycles. The van der Waals surface area contributed by atoms with Crippen molar-refractivity contribution >= 4 is 21.7 Å². The molecule has 0 aliphatic heterocycles. The molecule has 7 nitrogen and oxygen atoms in total. The van der Waals surface area contributed by atoms with Crippen LogP contribution < -0.4 is 4.31 Å². The van der Waals surface area contributed by atoms with Crippen molar-refractivity contribution in [3.05, 3.63) is 42.5 Å². The molecule has 0 spiro atoms. The first kappa shape index (κ1) is 14.1. The largest absolute Gasteiger partial charge is 0.477 e. The highest BCUT2D eigenvalue weighted by Crippen LogP contribution is 2.22. The van der Waals surface area contributed by atoms with Crippen molar-refractivity contribution < 1.29 is 18.3 Å². The highest BCUT2D eigenvalue weighted by molar-refractivity contribution is 7.92. The molecule has 2 rings (SSSR count). The number of carboxylic acid groups (broad SMARTS) is 1. The van der Waals surface area contributed by atoms with Gasteiger partial charge in [-0.05, 0) is 18.2 Å². The van der Waals surface area contributed by atoms with Gasteiger partial charge in [0.05, 0.1) is 5.69 Å². The summed E-state index contributed by atoms with van der Waals surface area (Å²) in [5.41, 5.74) is 0.354. The number of hydrogen-bond acceptors (Lipinski definition) is 4. The van der Waals surface area contributed by atoms with Gasteiger partial charge in [0, 0.05) is 32.7 Å². The van der Waals surface area contributed by atoms with E-state index in [1.54, 1.807) is 12.1 Å². The minimum Gasteiger partial charge on any atom is -0.477 e. The second-order valence-corrected chi connectivity index (χ2v) is 6.12. The molecule has 0 atom stereocenters. The number of aromatic carboxylic acids is 1. The average Bonchev–Trinajstić information content (AvgIpc) is 2.82. The average molecular weight is 295 g/mol. The van der Waals surface area contributed by atoms with Gasteiger partial charge < -0.3 is 9.67 Å². The van der Waals surface area contributed by atoms with E-state index in [1.165, 1.54) is 37.3 Å². The summed E-state index contributed by atoms with van der Waals surface area (Å²) in [4.78, 5) is 14.7. The van der Waals surface area contributed by atoms with Gasteiger partial charge in [0.1, 0.15) is 10.6 Å². The third-order valence-corrected chi connectivity index (χ3v) is 4.63. The van der Waals surface area contributed by atoms with Crippen LogP contribution >= 0.6 is 0 Å². The zero-order valence-electron chi connectivity index (χ0n) is 10.9. The Morgan fingerprint density at radius 2 is 1.95 bits per heavy atom. The summed E-state index contributed by atoms with van der Waals surface area (Å²) in [6, 6.07) is 4.24. The summed E-state index contributed by atoms with van der Waals surface area (Å²) < 4.78 is 27.2. The molecule has 2 aromatic rings. The first-order valence-corrected chi connectivity index (χ1v) is 7.06. The Morgan fingerprint density at radius 3 is 2.45 bits per heavy atom. The third kappa shape index (κ3) is 2.37. The van der Waals surface area contributed by atoms with Crippen LogP contribution in [0.2, 0.25) is 0 Å². The van der Waals surface area contributed by atoms with Crippen LogP contribution in [0.5, 0.6) is 0 Å². The van der Waals surface area contributed by atoms with E-state index in [-0.39, 0.29) is 10.6 Å². The first-order valence-electron chi connectivity index (χ1n) is 5.62. The van der Waals surface area contributed by atoms with Crippen LogP contribution in [0.3, 0.4) is 0 Å². The standard InChI is InChI=1S/C12H13N3O4S/c1-14-8-10(7-11(14)12(16)17)20(18,19)15(2)9-3-5-13-6-4-9/h3-8H,1-2H3,(H,16,17).